The van der Waals surface area contributed by atoms with E-state index in [0.717, 1.165) is 0 Å². The Hall–Kier alpha value is -1.31. The molecule has 0 aromatic heterocycles. The molecule has 0 bridgehead atoms. The van der Waals surface area contributed by atoms with E-state index >= 15 is 0 Å². The molecule has 0 spiro atoms. The summed E-state index contributed by atoms with van der Waals surface area (Å²) in [5.41, 5.74) is 3.68. The summed E-state index contributed by atoms with van der Waals surface area (Å²) >= 11 is 0. The van der Waals surface area contributed by atoms with Crippen molar-refractivity contribution in [2.75, 3.05) is 0 Å². The van der Waals surface area contributed by atoms with E-state index in [2.05, 4.69) is 10.9 Å². The van der Waals surface area contributed by atoms with Crippen molar-refractivity contribution in [1.29, 1.82) is 0 Å². The molecule has 0 aliphatic heterocycles. The van der Waals surface area contributed by atoms with Crippen LogP contribution in [0.5, 0.6) is 0 Å². The zero-order valence-corrected chi connectivity index (χ0v) is 6.03. The lowest BCUT2D eigenvalue weighted by molar-refractivity contribution is 0.369. The van der Waals surface area contributed by atoms with Gasteiger partial charge in [0.2, 0.25) is 0 Å². The van der Waals surface area contributed by atoms with Crippen LogP contribution in [0.1, 0.15) is 6.92 Å². The molecule has 1 aliphatic carbocycles. The van der Waals surface area contributed by atoms with Gasteiger partial charge in [-0.2, -0.15) is 0 Å². The van der Waals surface area contributed by atoms with Crippen LogP contribution in [0.15, 0.2) is 34.7 Å². The topological polar surface area (TPSA) is 55.7 Å². The fourth-order valence-electron chi connectivity index (χ4n) is 0.691. The zero-order chi connectivity index (χ0) is 8.27. The van der Waals surface area contributed by atoms with Crippen LogP contribution in [-0.2, 0) is 0 Å². The molecular weight excluding hydrogens is 142 g/mol. The summed E-state index contributed by atoms with van der Waals surface area (Å²) < 4.78 is 0. The number of hydrogen-bond acceptors (Lipinski definition) is 3. The molecule has 0 amide bonds. The van der Waals surface area contributed by atoms with Crippen molar-refractivity contribution >= 4 is 5.71 Å². The first kappa shape index (κ1) is 7.79. The second-order valence-electron chi connectivity index (χ2n) is 2.14. The molecule has 0 unspecified atom stereocenters. The van der Waals surface area contributed by atoms with Gasteiger partial charge in [-0.25, -0.2) is 0 Å². The van der Waals surface area contributed by atoms with Gasteiger partial charge < -0.3 is 15.5 Å². The van der Waals surface area contributed by atoms with Crippen LogP contribution >= 0.6 is 0 Å². The lowest BCUT2D eigenvalue weighted by Gasteiger charge is -2.04. The summed E-state index contributed by atoms with van der Waals surface area (Å²) in [4.78, 5) is 0. The van der Waals surface area contributed by atoms with Crippen LogP contribution in [0.4, 0.5) is 0 Å². The lowest BCUT2D eigenvalue weighted by atomic mass is 10.1. The highest BCUT2D eigenvalue weighted by Gasteiger charge is 2.01. The standard InChI is InChI=1S/C8H8NO2/c1-6(9-11)7-2-4-8(10)5-3-7/h2,4-5,10-11H,1H3/p-1. The number of rotatable bonds is 1. The molecule has 0 atom stereocenters. The maximum absolute atomic E-state index is 10.0. The Bertz CT molecular complexity index is 270. The lowest BCUT2D eigenvalue weighted by Crippen LogP contribution is -1.97. The van der Waals surface area contributed by atoms with Crippen LogP contribution in [0, 0.1) is 11.3 Å². The van der Waals surface area contributed by atoms with Gasteiger partial charge in [0.1, 0.15) is 6.10 Å². The van der Waals surface area contributed by atoms with Crippen molar-refractivity contribution in [2.45, 2.75) is 6.92 Å². The van der Waals surface area contributed by atoms with E-state index in [-0.39, 0.29) is 6.10 Å². The first-order valence-corrected chi connectivity index (χ1v) is 3.12. The minimum absolute atomic E-state index is 0.132. The summed E-state index contributed by atoms with van der Waals surface area (Å²) in [5, 5.41) is 21.6. The molecule has 1 rings (SSSR count). The van der Waals surface area contributed by atoms with Gasteiger partial charge in [-0.3, -0.25) is 0 Å². The molecular formula is C8H7NO2-. The van der Waals surface area contributed by atoms with Gasteiger partial charge in [0.05, 0.1) is 0 Å². The van der Waals surface area contributed by atoms with Crippen LogP contribution in [-0.4, -0.2) is 10.8 Å². The molecule has 0 saturated carbocycles. The molecule has 0 aromatic rings. The van der Waals surface area contributed by atoms with Gasteiger partial charge in [0.25, 0.3) is 0 Å². The van der Waals surface area contributed by atoms with E-state index in [1.54, 1.807) is 13.0 Å². The molecule has 11 heavy (non-hydrogen) atoms. The van der Waals surface area contributed by atoms with Crippen LogP contribution < -0.4 is 0 Å². The third-order valence-corrected chi connectivity index (χ3v) is 1.32. The average Bonchev–Trinajstić information content (AvgIpc) is 2.05. The highest BCUT2D eigenvalue weighted by Crippen LogP contribution is 2.09. The van der Waals surface area contributed by atoms with Crippen molar-refractivity contribution in [3.63, 3.8) is 0 Å². The SMILES string of the molecule is CC(=N[O-])C1=C=C[C](O)C=C1. The van der Waals surface area contributed by atoms with Crippen molar-refractivity contribution in [2.24, 2.45) is 5.16 Å². The Kier molecular flexibility index (Phi) is 2.26. The van der Waals surface area contributed by atoms with Crippen molar-refractivity contribution in [1.82, 2.24) is 0 Å². The Morgan fingerprint density at radius 2 is 2.36 bits per heavy atom. The third-order valence-electron chi connectivity index (χ3n) is 1.32. The number of nitrogens with zero attached hydrogens (tertiary/aromatic N) is 1. The molecule has 0 aromatic carbocycles. The van der Waals surface area contributed by atoms with Gasteiger partial charge in [-0.15, -0.1) is 5.73 Å². The fraction of sp³-hybridized carbons (Fsp3) is 0.125. The minimum atomic E-state index is 0.132. The number of aliphatic hydroxyl groups excluding tert-OH is 1. The second-order valence-corrected chi connectivity index (χ2v) is 2.14. The Labute approximate surface area is 64.7 Å². The highest BCUT2D eigenvalue weighted by atomic mass is 16.4. The van der Waals surface area contributed by atoms with E-state index in [0.29, 0.717) is 11.3 Å². The Morgan fingerprint density at radius 1 is 1.64 bits per heavy atom. The number of allylic oxidation sites excluding steroid dienone is 1. The monoisotopic (exact) mass is 149 g/mol. The van der Waals surface area contributed by atoms with E-state index in [4.69, 9.17) is 5.11 Å². The van der Waals surface area contributed by atoms with Crippen LogP contribution in [0.2, 0.25) is 0 Å². The maximum Gasteiger partial charge on any atom is 0.145 e. The molecule has 3 heteroatoms. The molecule has 0 heterocycles. The Balaban J connectivity index is 2.93. The van der Waals surface area contributed by atoms with E-state index in [9.17, 15) is 5.21 Å². The van der Waals surface area contributed by atoms with Gasteiger partial charge >= 0.3 is 0 Å². The summed E-state index contributed by atoms with van der Waals surface area (Å²) in [6, 6.07) is 0. The van der Waals surface area contributed by atoms with Crippen LogP contribution in [0.25, 0.3) is 0 Å². The smallest absolute Gasteiger partial charge is 0.145 e. The second kappa shape index (κ2) is 3.19. The maximum atomic E-state index is 10.0. The van der Waals surface area contributed by atoms with Gasteiger partial charge in [-0.05, 0) is 25.2 Å². The predicted molar refractivity (Wildman–Crippen MR) is 42.4 cm³/mol. The third kappa shape index (κ3) is 1.80. The van der Waals surface area contributed by atoms with Gasteiger partial charge in [0.15, 0.2) is 0 Å². The molecule has 1 N–H and O–H groups in total. The molecule has 1 radical (unpaired) electrons. The molecule has 1 aliphatic rings. The molecule has 0 saturated heterocycles. The van der Waals surface area contributed by atoms with E-state index in [1.165, 1.54) is 12.2 Å². The summed E-state index contributed by atoms with van der Waals surface area (Å²) in [6.07, 6.45) is 4.60. The fourth-order valence-corrected chi connectivity index (χ4v) is 0.691. The minimum Gasteiger partial charge on any atom is -0.792 e. The van der Waals surface area contributed by atoms with Gasteiger partial charge in [0, 0.05) is 11.3 Å². The van der Waals surface area contributed by atoms with Crippen molar-refractivity contribution in [3.05, 3.63) is 40.8 Å². The Morgan fingerprint density at radius 3 is 2.82 bits per heavy atom. The first-order valence-electron chi connectivity index (χ1n) is 3.12. The largest absolute Gasteiger partial charge is 0.792 e. The quantitative estimate of drug-likeness (QED) is 0.349. The zero-order valence-electron chi connectivity index (χ0n) is 6.03. The average molecular weight is 149 g/mol. The molecule has 0 fully saturated rings. The number of aliphatic hydroxyl groups is 1. The summed E-state index contributed by atoms with van der Waals surface area (Å²) in [7, 11) is 0. The predicted octanol–water partition coefficient (Wildman–Crippen LogP) is 1.50. The van der Waals surface area contributed by atoms with E-state index in [1.807, 2.05) is 0 Å². The summed E-state index contributed by atoms with van der Waals surface area (Å²) in [5.74, 6) is 0. The van der Waals surface area contributed by atoms with E-state index < -0.39 is 0 Å². The molecule has 3 nitrogen and oxygen atoms in total. The first-order chi connectivity index (χ1) is 5.24. The summed E-state index contributed by atoms with van der Waals surface area (Å²) in [6.45, 7) is 1.59. The normalized spacial score (nSPS) is 18.7. The highest BCUT2D eigenvalue weighted by molar-refractivity contribution is 6.00. The van der Waals surface area contributed by atoms with Crippen molar-refractivity contribution < 1.29 is 5.11 Å². The van der Waals surface area contributed by atoms with Gasteiger partial charge in [-0.1, -0.05) is 0 Å². The molecule has 57 valence electrons. The van der Waals surface area contributed by atoms with Crippen molar-refractivity contribution in [3.8, 4) is 0 Å². The van der Waals surface area contributed by atoms with Crippen LogP contribution in [0.3, 0.4) is 0 Å². The number of hydrogen-bond donors (Lipinski definition) is 1.